The third kappa shape index (κ3) is 5.46. The second-order valence-corrected chi connectivity index (χ2v) is 6.42. The van der Waals surface area contributed by atoms with Gasteiger partial charge in [-0.2, -0.15) is 0 Å². The van der Waals surface area contributed by atoms with Crippen molar-refractivity contribution in [2.45, 2.75) is 6.04 Å². The summed E-state index contributed by atoms with van der Waals surface area (Å²) in [6, 6.07) is 16.8. The largest absolute Gasteiger partial charge is 0.379 e. The van der Waals surface area contributed by atoms with E-state index in [1.165, 1.54) is 0 Å². The number of carbonyl (C=O) groups excluding carboxylic acids is 1. The van der Waals surface area contributed by atoms with Crippen molar-refractivity contribution in [3.05, 3.63) is 65.2 Å². The Morgan fingerprint density at radius 3 is 2.44 bits per heavy atom. The average Bonchev–Trinajstić information content (AvgIpc) is 2.65. The molecule has 0 spiro atoms. The summed E-state index contributed by atoms with van der Waals surface area (Å²) in [7, 11) is 0. The first-order valence-electron chi connectivity index (χ1n) is 8.39. The summed E-state index contributed by atoms with van der Waals surface area (Å²) in [6.45, 7) is 3.98. The molecule has 3 rings (SSSR count). The first-order chi connectivity index (χ1) is 12.2. The Kier molecular flexibility index (Phi) is 6.28. The minimum Gasteiger partial charge on any atom is -0.379 e. The van der Waals surface area contributed by atoms with Crippen molar-refractivity contribution in [2.75, 3.05) is 38.2 Å². The van der Waals surface area contributed by atoms with Crippen LogP contribution in [-0.4, -0.2) is 43.8 Å². The van der Waals surface area contributed by atoms with Crippen LogP contribution >= 0.6 is 11.6 Å². The van der Waals surface area contributed by atoms with E-state index in [0.29, 0.717) is 10.7 Å². The minimum atomic E-state index is -0.232. The topological polar surface area (TPSA) is 53.6 Å². The van der Waals surface area contributed by atoms with Crippen LogP contribution in [0.3, 0.4) is 0 Å². The zero-order chi connectivity index (χ0) is 17.5. The molecule has 0 saturated carbocycles. The zero-order valence-corrected chi connectivity index (χ0v) is 14.7. The Labute approximate surface area is 152 Å². The number of amides is 2. The molecule has 0 aromatic heterocycles. The van der Waals surface area contributed by atoms with Gasteiger partial charge in [0, 0.05) is 30.3 Å². The minimum absolute atomic E-state index is 0.0911. The number of hydrogen-bond donors (Lipinski definition) is 2. The molecule has 1 saturated heterocycles. The number of morpholine rings is 1. The third-order valence-electron chi connectivity index (χ3n) is 4.15. The summed E-state index contributed by atoms with van der Waals surface area (Å²) >= 11 is 5.88. The number of nitrogens with zero attached hydrogens (tertiary/aromatic N) is 1. The number of benzene rings is 2. The van der Waals surface area contributed by atoms with Gasteiger partial charge in [0.1, 0.15) is 0 Å². The molecule has 1 atom stereocenters. The van der Waals surface area contributed by atoms with E-state index in [0.717, 1.165) is 38.4 Å². The van der Waals surface area contributed by atoms with E-state index < -0.39 is 0 Å². The molecule has 2 N–H and O–H groups in total. The predicted molar refractivity (Wildman–Crippen MR) is 100 cm³/mol. The molecule has 132 valence electrons. The van der Waals surface area contributed by atoms with Gasteiger partial charge in [-0.15, -0.1) is 0 Å². The number of ether oxygens (including phenoxy) is 1. The van der Waals surface area contributed by atoms with Gasteiger partial charge in [-0.1, -0.05) is 41.9 Å². The van der Waals surface area contributed by atoms with E-state index in [1.54, 1.807) is 24.3 Å². The monoisotopic (exact) mass is 359 g/mol. The molecule has 1 heterocycles. The SMILES string of the molecule is O=C(Nc1ccc(Cl)cc1)NC(CN1CCOCC1)c1ccccc1. The van der Waals surface area contributed by atoms with E-state index in [1.807, 2.05) is 30.3 Å². The third-order valence-corrected chi connectivity index (χ3v) is 4.41. The van der Waals surface area contributed by atoms with Crippen molar-refractivity contribution in [1.82, 2.24) is 10.2 Å². The highest BCUT2D eigenvalue weighted by molar-refractivity contribution is 6.30. The van der Waals surface area contributed by atoms with Gasteiger partial charge in [0.05, 0.1) is 19.3 Å². The quantitative estimate of drug-likeness (QED) is 0.858. The molecule has 2 aromatic carbocycles. The fourth-order valence-electron chi connectivity index (χ4n) is 2.82. The number of carbonyl (C=O) groups is 1. The van der Waals surface area contributed by atoms with Crippen LogP contribution in [0.25, 0.3) is 0 Å². The molecular weight excluding hydrogens is 338 g/mol. The maximum atomic E-state index is 12.4. The molecule has 1 aliphatic rings. The van der Waals surface area contributed by atoms with Gasteiger partial charge < -0.3 is 15.4 Å². The van der Waals surface area contributed by atoms with Gasteiger partial charge in [0.2, 0.25) is 0 Å². The van der Waals surface area contributed by atoms with Crippen molar-refractivity contribution >= 4 is 23.3 Å². The fraction of sp³-hybridized carbons (Fsp3) is 0.316. The Hall–Kier alpha value is -2.08. The summed E-state index contributed by atoms with van der Waals surface area (Å²) in [5.74, 6) is 0. The van der Waals surface area contributed by atoms with Crippen molar-refractivity contribution in [2.24, 2.45) is 0 Å². The maximum Gasteiger partial charge on any atom is 0.319 e. The summed E-state index contributed by atoms with van der Waals surface area (Å²) in [5.41, 5.74) is 1.79. The van der Waals surface area contributed by atoms with Crippen LogP contribution in [0.2, 0.25) is 5.02 Å². The van der Waals surface area contributed by atoms with Crippen LogP contribution < -0.4 is 10.6 Å². The lowest BCUT2D eigenvalue weighted by molar-refractivity contribution is 0.0340. The zero-order valence-electron chi connectivity index (χ0n) is 14.0. The van der Waals surface area contributed by atoms with Crippen molar-refractivity contribution in [3.63, 3.8) is 0 Å². The smallest absolute Gasteiger partial charge is 0.319 e. The molecule has 2 aromatic rings. The first-order valence-corrected chi connectivity index (χ1v) is 8.76. The maximum absolute atomic E-state index is 12.4. The molecule has 25 heavy (non-hydrogen) atoms. The van der Waals surface area contributed by atoms with Gasteiger partial charge in [-0.05, 0) is 29.8 Å². The second-order valence-electron chi connectivity index (χ2n) is 5.98. The molecule has 0 aliphatic carbocycles. The highest BCUT2D eigenvalue weighted by Crippen LogP contribution is 2.17. The summed E-state index contributed by atoms with van der Waals surface area (Å²) in [4.78, 5) is 14.7. The lowest BCUT2D eigenvalue weighted by Gasteiger charge is -2.31. The lowest BCUT2D eigenvalue weighted by Crippen LogP contribution is -2.44. The van der Waals surface area contributed by atoms with Gasteiger partial charge in [-0.3, -0.25) is 4.90 Å². The predicted octanol–water partition coefficient (Wildman–Crippen LogP) is 3.54. The summed E-state index contributed by atoms with van der Waals surface area (Å²) in [6.07, 6.45) is 0. The van der Waals surface area contributed by atoms with Gasteiger partial charge in [0.15, 0.2) is 0 Å². The van der Waals surface area contributed by atoms with Crippen LogP contribution in [-0.2, 0) is 4.74 Å². The van der Waals surface area contributed by atoms with Crippen LogP contribution in [0.1, 0.15) is 11.6 Å². The number of urea groups is 1. The van der Waals surface area contributed by atoms with Crippen LogP contribution in [0.15, 0.2) is 54.6 Å². The number of rotatable bonds is 5. The van der Waals surface area contributed by atoms with E-state index >= 15 is 0 Å². The van der Waals surface area contributed by atoms with E-state index in [9.17, 15) is 4.79 Å². The van der Waals surface area contributed by atoms with Crippen LogP contribution in [0.4, 0.5) is 10.5 Å². The average molecular weight is 360 g/mol. The molecule has 0 radical (unpaired) electrons. The fourth-order valence-corrected chi connectivity index (χ4v) is 2.95. The van der Waals surface area contributed by atoms with Gasteiger partial charge >= 0.3 is 6.03 Å². The van der Waals surface area contributed by atoms with E-state index in [2.05, 4.69) is 15.5 Å². The van der Waals surface area contributed by atoms with E-state index in [4.69, 9.17) is 16.3 Å². The molecule has 2 amide bonds. The number of halogens is 1. The second kappa shape index (κ2) is 8.85. The van der Waals surface area contributed by atoms with Crippen molar-refractivity contribution in [1.29, 1.82) is 0 Å². The number of anilines is 1. The normalized spacial score (nSPS) is 16.2. The number of hydrogen-bond acceptors (Lipinski definition) is 3. The lowest BCUT2D eigenvalue weighted by atomic mass is 10.1. The molecule has 0 bridgehead atoms. The Bertz CT molecular complexity index is 673. The molecule has 1 unspecified atom stereocenters. The molecule has 1 fully saturated rings. The molecular formula is C19H22ClN3O2. The Morgan fingerprint density at radius 1 is 1.08 bits per heavy atom. The summed E-state index contributed by atoms with van der Waals surface area (Å²) in [5, 5.41) is 6.57. The number of nitrogens with one attached hydrogen (secondary N) is 2. The molecule has 6 heteroatoms. The van der Waals surface area contributed by atoms with E-state index in [-0.39, 0.29) is 12.1 Å². The summed E-state index contributed by atoms with van der Waals surface area (Å²) < 4.78 is 5.40. The Balaban J connectivity index is 1.65. The van der Waals surface area contributed by atoms with Crippen LogP contribution in [0, 0.1) is 0 Å². The molecule has 1 aliphatic heterocycles. The van der Waals surface area contributed by atoms with Crippen LogP contribution in [0.5, 0.6) is 0 Å². The molecule has 5 nitrogen and oxygen atoms in total. The highest BCUT2D eigenvalue weighted by atomic mass is 35.5. The van der Waals surface area contributed by atoms with Crippen molar-refractivity contribution in [3.8, 4) is 0 Å². The first kappa shape index (κ1) is 17.7. The van der Waals surface area contributed by atoms with Crippen molar-refractivity contribution < 1.29 is 9.53 Å². The van der Waals surface area contributed by atoms with Gasteiger partial charge in [-0.25, -0.2) is 4.79 Å². The van der Waals surface area contributed by atoms with Gasteiger partial charge in [0.25, 0.3) is 0 Å². The highest BCUT2D eigenvalue weighted by Gasteiger charge is 2.20. The Morgan fingerprint density at radius 2 is 1.76 bits per heavy atom. The standard InChI is InChI=1S/C19H22ClN3O2/c20-16-6-8-17(9-7-16)21-19(24)22-18(15-4-2-1-3-5-15)14-23-10-12-25-13-11-23/h1-9,18H,10-14H2,(H2,21,22,24).